The van der Waals surface area contributed by atoms with Gasteiger partial charge in [0.05, 0.1) is 24.1 Å². The fourth-order valence-corrected chi connectivity index (χ4v) is 2.26. The number of imidazole rings is 1. The molecule has 0 bridgehead atoms. The molecule has 1 fully saturated rings. The summed E-state index contributed by atoms with van der Waals surface area (Å²) >= 11 is 0. The third kappa shape index (κ3) is 2.42. The Bertz CT molecular complexity index is 691. The minimum Gasteiger partial charge on any atom is -0.308 e. The molecule has 6 nitrogen and oxygen atoms in total. The van der Waals surface area contributed by atoms with Crippen molar-refractivity contribution in [1.29, 1.82) is 0 Å². The van der Waals surface area contributed by atoms with Gasteiger partial charge in [-0.15, -0.1) is 5.10 Å². The molecule has 3 aromatic heterocycles. The molecule has 102 valence electrons. The summed E-state index contributed by atoms with van der Waals surface area (Å²) in [5.41, 5.74) is 2.93. The predicted molar refractivity (Wildman–Crippen MR) is 74.2 cm³/mol. The second-order valence-electron chi connectivity index (χ2n) is 5.26. The Hall–Kier alpha value is -2.21. The summed E-state index contributed by atoms with van der Waals surface area (Å²) in [5.74, 6) is 0. The van der Waals surface area contributed by atoms with Gasteiger partial charge in [-0.3, -0.25) is 0 Å². The molecule has 4 rings (SSSR count). The SMILES string of the molecule is c1ccn2cc(Cn3cc(CNC4CC4)nn3)nc2c1. The highest BCUT2D eigenvalue weighted by Gasteiger charge is 2.20. The average Bonchev–Trinajstić information content (AvgIpc) is 3.04. The molecule has 1 aliphatic rings. The Morgan fingerprint density at radius 3 is 3.00 bits per heavy atom. The summed E-state index contributed by atoms with van der Waals surface area (Å²) in [4.78, 5) is 4.56. The molecule has 1 saturated carbocycles. The lowest BCUT2D eigenvalue weighted by Gasteiger charge is -1.97. The van der Waals surface area contributed by atoms with Gasteiger partial charge >= 0.3 is 0 Å². The molecule has 3 aromatic rings. The van der Waals surface area contributed by atoms with Gasteiger partial charge < -0.3 is 9.72 Å². The van der Waals surface area contributed by atoms with Crippen molar-refractivity contribution >= 4 is 5.65 Å². The van der Waals surface area contributed by atoms with E-state index in [1.807, 2.05) is 45.9 Å². The predicted octanol–water partition coefficient (Wildman–Crippen LogP) is 1.23. The van der Waals surface area contributed by atoms with Crippen LogP contribution in [0.15, 0.2) is 36.8 Å². The maximum absolute atomic E-state index is 4.56. The van der Waals surface area contributed by atoms with Gasteiger partial charge in [0, 0.05) is 25.0 Å². The minimum absolute atomic E-state index is 0.651. The second-order valence-corrected chi connectivity index (χ2v) is 5.26. The zero-order chi connectivity index (χ0) is 13.4. The molecule has 0 saturated heterocycles. The highest BCUT2D eigenvalue weighted by Crippen LogP contribution is 2.18. The number of hydrogen-bond donors (Lipinski definition) is 1. The summed E-state index contributed by atoms with van der Waals surface area (Å²) in [5, 5.41) is 11.8. The average molecular weight is 268 g/mol. The number of aromatic nitrogens is 5. The molecule has 6 heteroatoms. The second kappa shape index (κ2) is 4.72. The van der Waals surface area contributed by atoms with Crippen molar-refractivity contribution in [3.8, 4) is 0 Å². The molecule has 0 spiro atoms. The van der Waals surface area contributed by atoms with Crippen LogP contribution in [0.5, 0.6) is 0 Å². The summed E-state index contributed by atoms with van der Waals surface area (Å²) < 4.78 is 3.85. The zero-order valence-electron chi connectivity index (χ0n) is 11.1. The molecule has 0 atom stereocenters. The summed E-state index contributed by atoms with van der Waals surface area (Å²) in [6.07, 6.45) is 8.58. The van der Waals surface area contributed by atoms with Gasteiger partial charge in [0.25, 0.3) is 0 Å². The van der Waals surface area contributed by atoms with Crippen LogP contribution in [-0.2, 0) is 13.1 Å². The van der Waals surface area contributed by atoms with Crippen molar-refractivity contribution in [3.63, 3.8) is 0 Å². The van der Waals surface area contributed by atoms with Crippen LogP contribution in [0.4, 0.5) is 0 Å². The molecule has 20 heavy (non-hydrogen) atoms. The van der Waals surface area contributed by atoms with Crippen LogP contribution in [0.1, 0.15) is 24.2 Å². The van der Waals surface area contributed by atoms with E-state index < -0.39 is 0 Å². The van der Waals surface area contributed by atoms with Crippen molar-refractivity contribution < 1.29 is 0 Å². The minimum atomic E-state index is 0.651. The first kappa shape index (κ1) is 11.6. The molecule has 1 aliphatic carbocycles. The molecular weight excluding hydrogens is 252 g/mol. The molecule has 1 N–H and O–H groups in total. The highest BCUT2D eigenvalue weighted by atomic mass is 15.4. The van der Waals surface area contributed by atoms with Gasteiger partial charge in [-0.25, -0.2) is 9.67 Å². The van der Waals surface area contributed by atoms with Gasteiger partial charge in [0.1, 0.15) is 5.65 Å². The van der Waals surface area contributed by atoms with Crippen LogP contribution in [0.3, 0.4) is 0 Å². The van der Waals surface area contributed by atoms with E-state index >= 15 is 0 Å². The summed E-state index contributed by atoms with van der Waals surface area (Å²) in [6, 6.07) is 6.67. The Morgan fingerprint density at radius 2 is 2.15 bits per heavy atom. The largest absolute Gasteiger partial charge is 0.308 e. The van der Waals surface area contributed by atoms with Crippen LogP contribution in [0.2, 0.25) is 0 Å². The van der Waals surface area contributed by atoms with Crippen LogP contribution < -0.4 is 5.32 Å². The van der Waals surface area contributed by atoms with Crippen molar-refractivity contribution in [2.75, 3.05) is 0 Å². The summed E-state index contributed by atoms with van der Waals surface area (Å²) in [7, 11) is 0. The maximum Gasteiger partial charge on any atom is 0.137 e. The summed E-state index contributed by atoms with van der Waals surface area (Å²) in [6.45, 7) is 1.45. The Labute approximate surface area is 116 Å². The lowest BCUT2D eigenvalue weighted by atomic mass is 10.4. The van der Waals surface area contributed by atoms with Gasteiger partial charge in [0.2, 0.25) is 0 Å². The van der Waals surface area contributed by atoms with Crippen LogP contribution in [0, 0.1) is 0 Å². The van der Waals surface area contributed by atoms with E-state index in [-0.39, 0.29) is 0 Å². The first-order valence-corrected chi connectivity index (χ1v) is 6.92. The molecular formula is C14H16N6. The fourth-order valence-electron chi connectivity index (χ4n) is 2.26. The van der Waals surface area contributed by atoms with Crippen molar-refractivity contribution in [2.45, 2.75) is 32.0 Å². The number of nitrogens with zero attached hydrogens (tertiary/aromatic N) is 5. The van der Waals surface area contributed by atoms with E-state index in [4.69, 9.17) is 0 Å². The van der Waals surface area contributed by atoms with E-state index in [0.717, 1.165) is 23.6 Å². The van der Waals surface area contributed by atoms with E-state index in [2.05, 4.69) is 20.6 Å². The first-order valence-electron chi connectivity index (χ1n) is 6.92. The van der Waals surface area contributed by atoms with Gasteiger partial charge in [-0.2, -0.15) is 0 Å². The quantitative estimate of drug-likeness (QED) is 0.756. The van der Waals surface area contributed by atoms with Crippen molar-refractivity contribution in [2.24, 2.45) is 0 Å². The molecule has 0 radical (unpaired) electrons. The topological polar surface area (TPSA) is 60.0 Å². The van der Waals surface area contributed by atoms with E-state index in [9.17, 15) is 0 Å². The molecule has 0 aliphatic heterocycles. The number of rotatable bonds is 5. The van der Waals surface area contributed by atoms with E-state index in [0.29, 0.717) is 12.6 Å². The monoisotopic (exact) mass is 268 g/mol. The number of pyridine rings is 1. The van der Waals surface area contributed by atoms with Crippen LogP contribution >= 0.6 is 0 Å². The molecule has 0 aromatic carbocycles. The van der Waals surface area contributed by atoms with Gasteiger partial charge in [0.15, 0.2) is 0 Å². The van der Waals surface area contributed by atoms with E-state index in [1.54, 1.807) is 0 Å². The fraction of sp³-hybridized carbons (Fsp3) is 0.357. The molecule has 0 amide bonds. The molecule has 0 unspecified atom stereocenters. The Kier molecular flexibility index (Phi) is 2.74. The highest BCUT2D eigenvalue weighted by molar-refractivity contribution is 5.39. The zero-order valence-corrected chi connectivity index (χ0v) is 11.1. The standard InChI is InChI=1S/C14H16N6/c1-2-6-19-8-13(16-14(19)3-1)10-20-9-12(17-18-20)7-15-11-4-5-11/h1-3,6,8-9,11,15H,4-5,7,10H2. The van der Waals surface area contributed by atoms with E-state index in [1.165, 1.54) is 12.8 Å². The number of fused-ring (bicyclic) bond motifs is 1. The number of nitrogens with one attached hydrogen (secondary N) is 1. The smallest absolute Gasteiger partial charge is 0.137 e. The van der Waals surface area contributed by atoms with Crippen LogP contribution in [0.25, 0.3) is 5.65 Å². The third-order valence-corrected chi connectivity index (χ3v) is 3.47. The molecule has 3 heterocycles. The maximum atomic E-state index is 4.56. The first-order chi connectivity index (χ1) is 9.87. The lowest BCUT2D eigenvalue weighted by Crippen LogP contribution is -2.15. The normalized spacial score (nSPS) is 15.0. The Morgan fingerprint density at radius 1 is 1.20 bits per heavy atom. The van der Waals surface area contributed by atoms with Gasteiger partial charge in [-0.05, 0) is 25.0 Å². The van der Waals surface area contributed by atoms with Crippen molar-refractivity contribution in [3.05, 3.63) is 48.2 Å². The lowest BCUT2D eigenvalue weighted by molar-refractivity contribution is 0.638. The van der Waals surface area contributed by atoms with Gasteiger partial charge in [-0.1, -0.05) is 11.3 Å². The Balaban J connectivity index is 1.47. The van der Waals surface area contributed by atoms with Crippen LogP contribution in [-0.4, -0.2) is 30.4 Å². The number of hydrogen-bond acceptors (Lipinski definition) is 4. The third-order valence-electron chi connectivity index (χ3n) is 3.47. The van der Waals surface area contributed by atoms with Crippen molar-refractivity contribution in [1.82, 2.24) is 29.7 Å².